The van der Waals surface area contributed by atoms with Crippen molar-refractivity contribution in [2.45, 2.75) is 6.92 Å². The first kappa shape index (κ1) is 13.4. The molecule has 0 heterocycles. The molecule has 0 atom stereocenters. The summed E-state index contributed by atoms with van der Waals surface area (Å²) in [4.78, 5) is 11.9. The summed E-state index contributed by atoms with van der Waals surface area (Å²) < 4.78 is 0. The molecule has 0 aliphatic rings. The molecule has 0 fully saturated rings. The Bertz CT molecular complexity index is 602. The van der Waals surface area contributed by atoms with Gasteiger partial charge >= 0.3 is 0 Å². The van der Waals surface area contributed by atoms with Gasteiger partial charge in [0.1, 0.15) is 0 Å². The Kier molecular flexibility index (Phi) is 4.37. The predicted molar refractivity (Wildman–Crippen MR) is 79.7 cm³/mol. The molecular formula is C16H14ClNO. The molecule has 2 nitrogen and oxygen atoms in total. The van der Waals surface area contributed by atoms with Crippen molar-refractivity contribution in [3.05, 3.63) is 77.0 Å². The van der Waals surface area contributed by atoms with Crippen molar-refractivity contribution in [1.29, 1.82) is 0 Å². The van der Waals surface area contributed by atoms with Gasteiger partial charge in [-0.3, -0.25) is 4.79 Å². The molecule has 3 heteroatoms. The minimum Gasteiger partial charge on any atom is -0.362 e. The van der Waals surface area contributed by atoms with Crippen molar-refractivity contribution in [3.8, 4) is 0 Å². The minimum absolute atomic E-state index is 0.0814. The maximum Gasteiger partial charge on any atom is 0.187 e. The smallest absolute Gasteiger partial charge is 0.187 e. The van der Waals surface area contributed by atoms with Crippen LogP contribution in [0.15, 0.2) is 60.8 Å². The van der Waals surface area contributed by atoms with Gasteiger partial charge in [-0.05, 0) is 31.2 Å². The number of carbonyl (C=O) groups excluding carboxylic acids is 1. The number of hydrogen-bond acceptors (Lipinski definition) is 2. The average molecular weight is 272 g/mol. The number of benzene rings is 2. The number of halogens is 1. The fourth-order valence-corrected chi connectivity index (χ4v) is 1.79. The highest BCUT2D eigenvalue weighted by atomic mass is 35.5. The van der Waals surface area contributed by atoms with Crippen molar-refractivity contribution in [3.63, 3.8) is 0 Å². The number of hydrogen-bond donors (Lipinski definition) is 1. The lowest BCUT2D eigenvalue weighted by molar-refractivity contribution is 0.104. The SMILES string of the molecule is Cc1ccc(NC=CC(=O)c2cccc(Cl)c2)cc1. The molecule has 1 N–H and O–H groups in total. The molecule has 2 rings (SSSR count). The normalized spacial score (nSPS) is 10.6. The van der Waals surface area contributed by atoms with Gasteiger partial charge in [0.15, 0.2) is 5.78 Å². The zero-order chi connectivity index (χ0) is 13.7. The monoisotopic (exact) mass is 271 g/mol. The Morgan fingerprint density at radius 1 is 1.16 bits per heavy atom. The van der Waals surface area contributed by atoms with Gasteiger partial charge in [-0.15, -0.1) is 0 Å². The van der Waals surface area contributed by atoms with Gasteiger partial charge in [0.25, 0.3) is 0 Å². The summed E-state index contributed by atoms with van der Waals surface area (Å²) in [6.07, 6.45) is 3.12. The van der Waals surface area contributed by atoms with E-state index in [1.165, 1.54) is 11.6 Å². The molecule has 2 aromatic carbocycles. The molecule has 0 unspecified atom stereocenters. The van der Waals surface area contributed by atoms with Crippen LogP contribution in [0, 0.1) is 6.92 Å². The van der Waals surface area contributed by atoms with Crippen LogP contribution in [0.5, 0.6) is 0 Å². The first-order valence-electron chi connectivity index (χ1n) is 5.95. The van der Waals surface area contributed by atoms with E-state index in [0.717, 1.165) is 5.69 Å². The summed E-state index contributed by atoms with van der Waals surface area (Å²) in [5.41, 5.74) is 2.72. The maximum absolute atomic E-state index is 11.9. The highest BCUT2D eigenvalue weighted by molar-refractivity contribution is 6.31. The zero-order valence-electron chi connectivity index (χ0n) is 10.6. The molecule has 0 aromatic heterocycles. The van der Waals surface area contributed by atoms with Crippen LogP contribution in [-0.2, 0) is 0 Å². The summed E-state index contributed by atoms with van der Waals surface area (Å²) in [7, 11) is 0. The first-order valence-corrected chi connectivity index (χ1v) is 6.32. The fraction of sp³-hybridized carbons (Fsp3) is 0.0625. The molecule has 0 aliphatic heterocycles. The van der Waals surface area contributed by atoms with Crippen LogP contribution in [0.4, 0.5) is 5.69 Å². The number of nitrogens with one attached hydrogen (secondary N) is 1. The average Bonchev–Trinajstić information content (AvgIpc) is 2.41. The number of anilines is 1. The number of carbonyl (C=O) groups is 1. The fourth-order valence-electron chi connectivity index (χ4n) is 1.60. The van der Waals surface area contributed by atoms with E-state index in [1.807, 2.05) is 31.2 Å². The second-order valence-corrected chi connectivity index (χ2v) is 4.65. The third-order valence-electron chi connectivity index (χ3n) is 2.65. The van der Waals surface area contributed by atoms with E-state index in [9.17, 15) is 4.79 Å². The van der Waals surface area contributed by atoms with Crippen LogP contribution in [-0.4, -0.2) is 5.78 Å². The van der Waals surface area contributed by atoms with Crippen molar-refractivity contribution in [2.75, 3.05) is 5.32 Å². The number of ketones is 1. The second-order valence-electron chi connectivity index (χ2n) is 4.22. The predicted octanol–water partition coefficient (Wildman–Crippen LogP) is 4.46. The molecule has 0 bridgehead atoms. The minimum atomic E-state index is -0.0814. The van der Waals surface area contributed by atoms with Gasteiger partial charge in [-0.1, -0.05) is 41.4 Å². The van der Waals surface area contributed by atoms with E-state index in [1.54, 1.807) is 30.5 Å². The van der Waals surface area contributed by atoms with Gasteiger partial charge in [0.05, 0.1) is 0 Å². The Morgan fingerprint density at radius 2 is 1.89 bits per heavy atom. The first-order chi connectivity index (χ1) is 9.15. The third-order valence-corrected chi connectivity index (χ3v) is 2.88. The lowest BCUT2D eigenvalue weighted by atomic mass is 10.1. The summed E-state index contributed by atoms with van der Waals surface area (Å²) in [5, 5.41) is 3.61. The summed E-state index contributed by atoms with van der Waals surface area (Å²) in [6.45, 7) is 2.03. The van der Waals surface area contributed by atoms with Gasteiger partial charge in [0, 0.05) is 28.5 Å². The van der Waals surface area contributed by atoms with E-state index >= 15 is 0 Å². The molecule has 2 aromatic rings. The topological polar surface area (TPSA) is 29.1 Å². The van der Waals surface area contributed by atoms with Crippen LogP contribution in [0.1, 0.15) is 15.9 Å². The van der Waals surface area contributed by atoms with E-state index in [2.05, 4.69) is 5.32 Å². The summed E-state index contributed by atoms with van der Waals surface area (Å²) in [5.74, 6) is -0.0814. The maximum atomic E-state index is 11.9. The lowest BCUT2D eigenvalue weighted by Crippen LogP contribution is -1.96. The highest BCUT2D eigenvalue weighted by Crippen LogP contribution is 2.12. The van der Waals surface area contributed by atoms with Crippen molar-refractivity contribution < 1.29 is 4.79 Å². The molecule has 0 aliphatic carbocycles. The molecule has 0 saturated heterocycles. The molecule has 0 spiro atoms. The number of rotatable bonds is 4. The van der Waals surface area contributed by atoms with Crippen LogP contribution in [0.2, 0.25) is 5.02 Å². The van der Waals surface area contributed by atoms with Crippen molar-refractivity contribution in [1.82, 2.24) is 0 Å². The number of allylic oxidation sites excluding steroid dienone is 1. The van der Waals surface area contributed by atoms with Crippen molar-refractivity contribution in [2.24, 2.45) is 0 Å². The lowest BCUT2D eigenvalue weighted by Gasteiger charge is -2.01. The molecule has 0 amide bonds. The highest BCUT2D eigenvalue weighted by Gasteiger charge is 2.01. The molecule has 0 radical (unpaired) electrons. The van der Waals surface area contributed by atoms with Crippen LogP contribution in [0.25, 0.3) is 0 Å². The molecule has 0 saturated carbocycles. The van der Waals surface area contributed by atoms with Crippen LogP contribution in [0.3, 0.4) is 0 Å². The van der Waals surface area contributed by atoms with Gasteiger partial charge in [0.2, 0.25) is 0 Å². The largest absolute Gasteiger partial charge is 0.362 e. The van der Waals surface area contributed by atoms with E-state index in [4.69, 9.17) is 11.6 Å². The Balaban J connectivity index is 1.99. The standard InChI is InChI=1S/C16H14ClNO/c1-12-5-7-15(8-6-12)18-10-9-16(19)13-3-2-4-14(17)11-13/h2-11,18H,1H3. The van der Waals surface area contributed by atoms with Gasteiger partial charge < -0.3 is 5.32 Å². The van der Waals surface area contributed by atoms with Crippen LogP contribution < -0.4 is 5.32 Å². The second kappa shape index (κ2) is 6.21. The number of aryl methyl sites for hydroxylation is 1. The van der Waals surface area contributed by atoms with Crippen LogP contribution >= 0.6 is 11.6 Å². The van der Waals surface area contributed by atoms with E-state index < -0.39 is 0 Å². The molecule has 96 valence electrons. The summed E-state index contributed by atoms with van der Waals surface area (Å²) in [6, 6.07) is 14.8. The third kappa shape index (κ3) is 3.97. The summed E-state index contributed by atoms with van der Waals surface area (Å²) >= 11 is 5.84. The zero-order valence-corrected chi connectivity index (χ0v) is 11.3. The Labute approximate surface area is 117 Å². The quantitative estimate of drug-likeness (QED) is 0.657. The Morgan fingerprint density at radius 3 is 2.58 bits per heavy atom. The van der Waals surface area contributed by atoms with E-state index in [0.29, 0.717) is 10.6 Å². The van der Waals surface area contributed by atoms with Gasteiger partial charge in [-0.2, -0.15) is 0 Å². The van der Waals surface area contributed by atoms with E-state index in [-0.39, 0.29) is 5.78 Å². The molecular weight excluding hydrogens is 258 g/mol. The van der Waals surface area contributed by atoms with Gasteiger partial charge in [-0.25, -0.2) is 0 Å². The Hall–Kier alpha value is -2.06. The molecule has 19 heavy (non-hydrogen) atoms. The van der Waals surface area contributed by atoms with Crippen molar-refractivity contribution >= 4 is 23.1 Å².